The summed E-state index contributed by atoms with van der Waals surface area (Å²) in [7, 11) is 0. The summed E-state index contributed by atoms with van der Waals surface area (Å²) in [4.78, 5) is 16.7. The van der Waals surface area contributed by atoms with Crippen molar-refractivity contribution < 1.29 is 23.4 Å². The quantitative estimate of drug-likeness (QED) is 0.280. The van der Waals surface area contributed by atoms with E-state index in [1.807, 2.05) is 44.2 Å². The minimum absolute atomic E-state index is 0.194. The molecule has 0 radical (unpaired) electrons. The average molecular weight is 510 g/mol. The molecule has 1 aliphatic rings. The van der Waals surface area contributed by atoms with Gasteiger partial charge in [0.05, 0.1) is 11.1 Å². The van der Waals surface area contributed by atoms with Crippen LogP contribution in [-0.4, -0.2) is 18.5 Å². The van der Waals surface area contributed by atoms with Crippen molar-refractivity contribution in [3.63, 3.8) is 0 Å². The Morgan fingerprint density at radius 1 is 1.06 bits per heavy atom. The van der Waals surface area contributed by atoms with Crippen LogP contribution in [0.2, 0.25) is 0 Å². The molecule has 1 aliphatic heterocycles. The summed E-state index contributed by atoms with van der Waals surface area (Å²) in [5.41, 5.74) is 3.55. The summed E-state index contributed by atoms with van der Waals surface area (Å²) in [6, 6.07) is 17.3. The summed E-state index contributed by atoms with van der Waals surface area (Å²) in [6.45, 7) is 4.53. The monoisotopic (exact) mass is 509 g/mol. The number of carbonyl (C=O) groups excluding carboxylic acids is 1. The highest BCUT2D eigenvalue weighted by Gasteiger charge is 2.24. The number of rotatable bonds is 7. The maximum absolute atomic E-state index is 13.1. The Kier molecular flexibility index (Phi) is 6.89. The van der Waals surface area contributed by atoms with Crippen molar-refractivity contribution in [2.75, 3.05) is 6.61 Å². The minimum atomic E-state index is -0.517. The molecule has 0 fully saturated rings. The first-order chi connectivity index (χ1) is 15.9. The molecular weight excluding hydrogens is 489 g/mol. The molecule has 4 rings (SSSR count). The van der Waals surface area contributed by atoms with E-state index in [1.165, 1.54) is 12.1 Å². The first kappa shape index (κ1) is 22.7. The second kappa shape index (κ2) is 10.0. The van der Waals surface area contributed by atoms with Crippen molar-refractivity contribution in [2.24, 2.45) is 4.99 Å². The van der Waals surface area contributed by atoms with Crippen LogP contribution in [0.1, 0.15) is 29.2 Å². The van der Waals surface area contributed by atoms with Crippen LogP contribution in [-0.2, 0) is 16.1 Å². The van der Waals surface area contributed by atoms with Gasteiger partial charge in [-0.15, -0.1) is 0 Å². The van der Waals surface area contributed by atoms with Crippen molar-refractivity contribution >= 4 is 33.9 Å². The fraction of sp³-hybridized carbons (Fsp3) is 0.154. The van der Waals surface area contributed by atoms with E-state index in [0.29, 0.717) is 28.1 Å². The topological polar surface area (TPSA) is 57.1 Å². The highest BCUT2D eigenvalue weighted by atomic mass is 79.9. The number of hydrogen-bond donors (Lipinski definition) is 0. The summed E-state index contributed by atoms with van der Waals surface area (Å²) in [5, 5.41) is 0. The average Bonchev–Trinajstić information content (AvgIpc) is 3.15. The molecule has 0 saturated heterocycles. The van der Waals surface area contributed by atoms with E-state index < -0.39 is 5.97 Å². The number of benzene rings is 3. The molecule has 0 atom stereocenters. The molecule has 0 saturated carbocycles. The molecule has 0 aromatic heterocycles. The van der Waals surface area contributed by atoms with E-state index in [0.717, 1.165) is 16.7 Å². The van der Waals surface area contributed by atoms with Crippen LogP contribution in [0.4, 0.5) is 4.39 Å². The molecular formula is C26H21BrFNO4. The van der Waals surface area contributed by atoms with Gasteiger partial charge in [0.2, 0.25) is 5.90 Å². The highest BCUT2D eigenvalue weighted by molar-refractivity contribution is 9.10. The van der Waals surface area contributed by atoms with E-state index >= 15 is 0 Å². The molecule has 0 N–H and O–H groups in total. The second-order valence-electron chi connectivity index (χ2n) is 7.38. The molecule has 168 valence electrons. The van der Waals surface area contributed by atoms with Crippen molar-refractivity contribution in [1.82, 2.24) is 0 Å². The van der Waals surface area contributed by atoms with Gasteiger partial charge in [0.15, 0.2) is 17.2 Å². The van der Waals surface area contributed by atoms with Crippen LogP contribution in [0.15, 0.2) is 75.8 Å². The van der Waals surface area contributed by atoms with E-state index in [1.54, 1.807) is 24.3 Å². The summed E-state index contributed by atoms with van der Waals surface area (Å²) >= 11 is 3.53. The van der Waals surface area contributed by atoms with Crippen LogP contribution in [0.3, 0.4) is 0 Å². The Morgan fingerprint density at radius 3 is 2.48 bits per heavy atom. The van der Waals surface area contributed by atoms with E-state index in [-0.39, 0.29) is 24.0 Å². The van der Waals surface area contributed by atoms with Gasteiger partial charge < -0.3 is 14.2 Å². The number of carbonyl (C=O) groups is 1. The van der Waals surface area contributed by atoms with E-state index in [9.17, 15) is 9.18 Å². The lowest BCUT2D eigenvalue weighted by atomic mass is 10.1. The Bertz CT molecular complexity index is 1230. The third kappa shape index (κ3) is 5.49. The van der Waals surface area contributed by atoms with Crippen LogP contribution >= 0.6 is 15.9 Å². The molecule has 0 aliphatic carbocycles. The lowest BCUT2D eigenvalue weighted by Gasteiger charge is -2.15. The molecule has 3 aromatic carbocycles. The molecule has 0 amide bonds. The maximum Gasteiger partial charge on any atom is 0.363 e. The van der Waals surface area contributed by atoms with Gasteiger partial charge >= 0.3 is 5.97 Å². The smallest absolute Gasteiger partial charge is 0.363 e. The number of ether oxygens (including phenoxy) is 3. The van der Waals surface area contributed by atoms with Crippen LogP contribution in [0.5, 0.6) is 11.5 Å². The molecule has 0 spiro atoms. The van der Waals surface area contributed by atoms with Gasteiger partial charge in [-0.3, -0.25) is 0 Å². The van der Waals surface area contributed by atoms with Gasteiger partial charge in [-0.2, -0.15) is 0 Å². The number of aliphatic imine (C=N–C) groups is 1. The molecule has 0 bridgehead atoms. The van der Waals surface area contributed by atoms with Gasteiger partial charge in [0, 0.05) is 5.56 Å². The lowest BCUT2D eigenvalue weighted by Crippen LogP contribution is -2.05. The zero-order valence-corrected chi connectivity index (χ0v) is 19.7. The van der Waals surface area contributed by atoms with Crippen LogP contribution < -0.4 is 9.47 Å². The SMILES string of the molecule is CCOc1cc(/C=C2\N=C(c3ccc(C)cc3)OC2=O)cc(Br)c1OCc1ccc(F)cc1. The fourth-order valence-corrected chi connectivity index (χ4v) is 3.77. The normalized spacial score (nSPS) is 14.2. The van der Waals surface area contributed by atoms with Crippen LogP contribution in [0.25, 0.3) is 6.08 Å². The van der Waals surface area contributed by atoms with Gasteiger partial charge in [0.1, 0.15) is 12.4 Å². The summed E-state index contributed by atoms with van der Waals surface area (Å²) in [5.74, 6) is 0.480. The Hall–Kier alpha value is -3.45. The molecule has 3 aromatic rings. The summed E-state index contributed by atoms with van der Waals surface area (Å²) < 4.78 is 30.8. The third-order valence-electron chi connectivity index (χ3n) is 4.85. The van der Waals surface area contributed by atoms with Crippen molar-refractivity contribution in [1.29, 1.82) is 0 Å². The molecule has 5 nitrogen and oxygen atoms in total. The molecule has 1 heterocycles. The number of esters is 1. The molecule has 0 unspecified atom stereocenters. The van der Waals surface area contributed by atoms with E-state index in [2.05, 4.69) is 20.9 Å². The van der Waals surface area contributed by atoms with Gasteiger partial charge in [0.25, 0.3) is 0 Å². The maximum atomic E-state index is 13.1. The zero-order chi connectivity index (χ0) is 23.4. The fourth-order valence-electron chi connectivity index (χ4n) is 3.20. The minimum Gasteiger partial charge on any atom is -0.490 e. The Balaban J connectivity index is 1.60. The van der Waals surface area contributed by atoms with Crippen LogP contribution in [0, 0.1) is 12.7 Å². The largest absolute Gasteiger partial charge is 0.490 e. The number of nitrogens with zero attached hydrogens (tertiary/aromatic N) is 1. The summed E-state index contributed by atoms with van der Waals surface area (Å²) in [6.07, 6.45) is 1.64. The predicted molar refractivity (Wildman–Crippen MR) is 128 cm³/mol. The van der Waals surface area contributed by atoms with E-state index in [4.69, 9.17) is 14.2 Å². The zero-order valence-electron chi connectivity index (χ0n) is 18.1. The Morgan fingerprint density at radius 2 is 1.79 bits per heavy atom. The first-order valence-electron chi connectivity index (χ1n) is 10.4. The number of aryl methyl sites for hydroxylation is 1. The van der Waals surface area contributed by atoms with Crippen molar-refractivity contribution in [3.05, 3.63) is 98.9 Å². The number of halogens is 2. The van der Waals surface area contributed by atoms with Gasteiger partial charge in [-0.05, 0) is 83.4 Å². The number of cyclic esters (lactones) is 1. The highest BCUT2D eigenvalue weighted by Crippen LogP contribution is 2.38. The third-order valence-corrected chi connectivity index (χ3v) is 5.44. The Labute approximate surface area is 199 Å². The number of hydrogen-bond acceptors (Lipinski definition) is 5. The second-order valence-corrected chi connectivity index (χ2v) is 8.23. The predicted octanol–water partition coefficient (Wildman–Crippen LogP) is 6.22. The van der Waals surface area contributed by atoms with Gasteiger partial charge in [-0.25, -0.2) is 14.2 Å². The molecule has 7 heteroatoms. The lowest BCUT2D eigenvalue weighted by molar-refractivity contribution is -0.129. The van der Waals surface area contributed by atoms with Gasteiger partial charge in [-0.1, -0.05) is 29.8 Å². The standard InChI is InChI=1S/C26H21BrFNO4/c1-3-31-23-14-18(12-21(27)24(23)32-15-17-6-10-20(28)11-7-17)13-22-26(30)33-25(29-22)19-8-4-16(2)5-9-19/h4-14H,3,15H2,1-2H3/b22-13-. The molecule has 33 heavy (non-hydrogen) atoms. The van der Waals surface area contributed by atoms with Crippen molar-refractivity contribution in [3.8, 4) is 11.5 Å². The first-order valence-corrected chi connectivity index (χ1v) is 11.2. The van der Waals surface area contributed by atoms with Crippen molar-refractivity contribution in [2.45, 2.75) is 20.5 Å².